The van der Waals surface area contributed by atoms with Crippen molar-refractivity contribution in [2.45, 2.75) is 31.3 Å². The van der Waals surface area contributed by atoms with Crippen molar-refractivity contribution >= 4 is 52.3 Å². The van der Waals surface area contributed by atoms with E-state index in [1.54, 1.807) is 30.3 Å². The maximum absolute atomic E-state index is 14.1. The number of anilines is 2. The van der Waals surface area contributed by atoms with Crippen LogP contribution in [0.4, 0.5) is 11.4 Å². The lowest BCUT2D eigenvalue weighted by Crippen LogP contribution is -2.54. The van der Waals surface area contributed by atoms with Crippen LogP contribution in [0, 0.1) is 18.8 Å². The Morgan fingerprint density at radius 1 is 1.09 bits per heavy atom. The molecular formula is C24H21Cl2N3O4. The van der Waals surface area contributed by atoms with Crippen LogP contribution in [0.3, 0.4) is 0 Å². The van der Waals surface area contributed by atoms with Gasteiger partial charge in [0.25, 0.3) is 0 Å². The van der Waals surface area contributed by atoms with Gasteiger partial charge in [0.1, 0.15) is 11.3 Å². The van der Waals surface area contributed by atoms with E-state index in [4.69, 9.17) is 27.9 Å². The molecule has 0 aliphatic carbocycles. The number of fused-ring (bicyclic) bond motifs is 7. The average Bonchev–Trinajstić information content (AvgIpc) is 3.47. The van der Waals surface area contributed by atoms with Crippen LogP contribution in [-0.2, 0) is 19.9 Å². The Morgan fingerprint density at radius 3 is 2.64 bits per heavy atom. The number of amides is 3. The maximum Gasteiger partial charge on any atom is 0.250 e. The molecule has 1 N–H and O–H groups in total. The predicted molar refractivity (Wildman–Crippen MR) is 124 cm³/mol. The van der Waals surface area contributed by atoms with E-state index in [-0.39, 0.29) is 17.9 Å². The molecule has 3 saturated heterocycles. The Hall–Kier alpha value is -2.61. The zero-order chi connectivity index (χ0) is 23.2. The smallest absolute Gasteiger partial charge is 0.250 e. The Bertz CT molecular complexity index is 1260. The molecule has 4 aliphatic rings. The van der Waals surface area contributed by atoms with Crippen LogP contribution in [-0.4, -0.2) is 42.3 Å². The molecule has 3 amide bonds. The monoisotopic (exact) mass is 485 g/mol. The number of rotatable bonds is 2. The van der Waals surface area contributed by atoms with Crippen molar-refractivity contribution < 1.29 is 19.1 Å². The number of hydrogen-bond donors (Lipinski definition) is 1. The van der Waals surface area contributed by atoms with Crippen molar-refractivity contribution in [2.75, 3.05) is 23.9 Å². The maximum atomic E-state index is 14.1. The van der Waals surface area contributed by atoms with E-state index in [1.807, 2.05) is 6.92 Å². The molecule has 4 atom stereocenters. The minimum absolute atomic E-state index is 0.211. The van der Waals surface area contributed by atoms with Gasteiger partial charge in [-0.2, -0.15) is 0 Å². The van der Waals surface area contributed by atoms with Crippen LogP contribution in [0.25, 0.3) is 0 Å². The number of nitrogens with one attached hydrogen (secondary N) is 1. The molecule has 6 rings (SSSR count). The summed E-state index contributed by atoms with van der Waals surface area (Å²) in [5.41, 5.74) is 1.21. The number of nitrogens with zero attached hydrogens (tertiary/aromatic N) is 2. The molecule has 0 bridgehead atoms. The van der Waals surface area contributed by atoms with Crippen molar-refractivity contribution in [3.63, 3.8) is 0 Å². The standard InChI is InChI=1S/C24H21Cl2N3O4/c1-11-8-13(26)9-14-20(11)27-23(32)24(14)19-18(15-4-3-7-28(15)24)21(30)29(22(19)31)16-10-12(25)5-6-17(16)33-2/h5-6,8-10,15,18-19H,3-4,7H2,1-2H3,(H,27,32)/t15-,18+,19-,24+/m0/s1. The summed E-state index contributed by atoms with van der Waals surface area (Å²) in [6, 6.07) is 8.17. The Kier molecular flexibility index (Phi) is 4.41. The quantitative estimate of drug-likeness (QED) is 0.655. The zero-order valence-electron chi connectivity index (χ0n) is 18.0. The normalized spacial score (nSPS) is 30.1. The molecule has 4 heterocycles. The molecule has 2 aromatic rings. The number of imide groups is 1. The second-order valence-corrected chi connectivity index (χ2v) is 9.97. The topological polar surface area (TPSA) is 78.9 Å². The highest BCUT2D eigenvalue weighted by atomic mass is 35.5. The summed E-state index contributed by atoms with van der Waals surface area (Å²) in [6.07, 6.45) is 1.59. The lowest BCUT2D eigenvalue weighted by atomic mass is 9.75. The first-order valence-electron chi connectivity index (χ1n) is 10.9. The number of ether oxygens (including phenoxy) is 1. The molecular weight excluding hydrogens is 465 g/mol. The number of carbonyl (C=O) groups excluding carboxylic acids is 3. The number of halogens is 2. The summed E-state index contributed by atoms with van der Waals surface area (Å²) in [6.45, 7) is 2.51. The highest BCUT2D eigenvalue weighted by molar-refractivity contribution is 6.32. The van der Waals surface area contributed by atoms with Gasteiger partial charge in [-0.3, -0.25) is 19.3 Å². The van der Waals surface area contributed by atoms with E-state index >= 15 is 0 Å². The highest BCUT2D eigenvalue weighted by Crippen LogP contribution is 2.61. The van der Waals surface area contributed by atoms with Gasteiger partial charge in [-0.1, -0.05) is 23.2 Å². The first kappa shape index (κ1) is 21.0. The number of carbonyl (C=O) groups is 3. The Morgan fingerprint density at radius 2 is 1.88 bits per heavy atom. The van der Waals surface area contributed by atoms with Gasteiger partial charge in [0.05, 0.1) is 24.6 Å². The van der Waals surface area contributed by atoms with Crippen LogP contribution in [0.1, 0.15) is 24.0 Å². The van der Waals surface area contributed by atoms with Crippen LogP contribution in [0.2, 0.25) is 10.0 Å². The van der Waals surface area contributed by atoms with Gasteiger partial charge in [0.2, 0.25) is 17.7 Å². The molecule has 3 fully saturated rings. The van der Waals surface area contributed by atoms with Crippen molar-refractivity contribution in [1.82, 2.24) is 4.90 Å². The minimum Gasteiger partial charge on any atom is -0.495 e. The van der Waals surface area contributed by atoms with Crippen LogP contribution >= 0.6 is 23.2 Å². The van der Waals surface area contributed by atoms with Crippen LogP contribution in [0.5, 0.6) is 5.75 Å². The van der Waals surface area contributed by atoms with Crippen molar-refractivity contribution in [3.8, 4) is 5.75 Å². The Labute approximate surface area is 200 Å². The molecule has 0 aromatic heterocycles. The lowest BCUT2D eigenvalue weighted by Gasteiger charge is -2.36. The second kappa shape index (κ2) is 6.95. The number of methoxy groups -OCH3 is 1. The molecule has 9 heteroatoms. The van der Waals surface area contributed by atoms with Gasteiger partial charge in [0.15, 0.2) is 0 Å². The summed E-state index contributed by atoms with van der Waals surface area (Å²) >= 11 is 12.6. The molecule has 0 radical (unpaired) electrons. The summed E-state index contributed by atoms with van der Waals surface area (Å²) in [7, 11) is 1.48. The third kappa shape index (κ3) is 2.47. The van der Waals surface area contributed by atoms with Crippen molar-refractivity contribution in [1.29, 1.82) is 0 Å². The zero-order valence-corrected chi connectivity index (χ0v) is 19.5. The fourth-order valence-electron chi connectivity index (χ4n) is 6.51. The second-order valence-electron chi connectivity index (χ2n) is 9.10. The van der Waals surface area contributed by atoms with Gasteiger partial charge >= 0.3 is 0 Å². The number of hydrogen-bond acceptors (Lipinski definition) is 5. The molecule has 0 saturated carbocycles. The van der Waals surface area contributed by atoms with E-state index in [9.17, 15) is 14.4 Å². The van der Waals surface area contributed by atoms with Crippen LogP contribution in [0.15, 0.2) is 30.3 Å². The van der Waals surface area contributed by atoms with Crippen LogP contribution < -0.4 is 15.0 Å². The number of aryl methyl sites for hydroxylation is 1. The largest absolute Gasteiger partial charge is 0.495 e. The SMILES string of the molecule is COc1ccc(Cl)cc1N1C(=O)[C@H]2[C@@H](C1=O)[C@]1(C(=O)Nc3c(C)cc(Cl)cc31)N1CCC[C@@H]21. The van der Waals surface area contributed by atoms with Gasteiger partial charge < -0.3 is 10.1 Å². The van der Waals surface area contributed by atoms with Gasteiger partial charge in [0, 0.05) is 27.3 Å². The fraction of sp³-hybridized carbons (Fsp3) is 0.375. The fourth-order valence-corrected chi connectivity index (χ4v) is 6.95. The number of benzene rings is 2. The van der Waals surface area contributed by atoms with Crippen molar-refractivity contribution in [2.24, 2.45) is 11.8 Å². The summed E-state index contributed by atoms with van der Waals surface area (Å²) < 4.78 is 5.43. The summed E-state index contributed by atoms with van der Waals surface area (Å²) in [5, 5.41) is 3.88. The van der Waals surface area contributed by atoms with Gasteiger partial charge in [-0.25, -0.2) is 4.90 Å². The third-order valence-corrected chi connectivity index (χ3v) is 8.10. The third-order valence-electron chi connectivity index (χ3n) is 7.65. The molecule has 0 unspecified atom stereocenters. The molecule has 4 aliphatic heterocycles. The van der Waals surface area contributed by atoms with E-state index in [0.29, 0.717) is 39.3 Å². The highest BCUT2D eigenvalue weighted by Gasteiger charge is 2.75. The first-order valence-corrected chi connectivity index (χ1v) is 11.7. The van der Waals surface area contributed by atoms with E-state index < -0.39 is 23.3 Å². The van der Waals surface area contributed by atoms with Crippen molar-refractivity contribution in [3.05, 3.63) is 51.5 Å². The van der Waals surface area contributed by atoms with Gasteiger partial charge in [-0.05, 0) is 62.2 Å². The van der Waals surface area contributed by atoms with E-state index in [1.165, 1.54) is 12.0 Å². The minimum atomic E-state index is -1.27. The lowest BCUT2D eigenvalue weighted by molar-refractivity contribution is -0.135. The molecule has 33 heavy (non-hydrogen) atoms. The van der Waals surface area contributed by atoms with Gasteiger partial charge in [-0.15, -0.1) is 0 Å². The van der Waals surface area contributed by atoms with E-state index in [2.05, 4.69) is 10.2 Å². The average molecular weight is 486 g/mol. The molecule has 170 valence electrons. The Balaban J connectivity index is 1.58. The van der Waals surface area contributed by atoms with E-state index in [0.717, 1.165) is 18.4 Å². The summed E-state index contributed by atoms with van der Waals surface area (Å²) in [4.78, 5) is 44.9. The summed E-state index contributed by atoms with van der Waals surface area (Å²) in [5.74, 6) is -2.14. The molecule has 2 aromatic carbocycles. The predicted octanol–water partition coefficient (Wildman–Crippen LogP) is 3.74. The molecule has 7 nitrogen and oxygen atoms in total. The first-order chi connectivity index (χ1) is 15.8. The molecule has 1 spiro atoms.